The zero-order chi connectivity index (χ0) is 52.2. The summed E-state index contributed by atoms with van der Waals surface area (Å²) in [5, 5.41) is 0. The van der Waals surface area contributed by atoms with Crippen LogP contribution in [0.2, 0.25) is 0 Å². The van der Waals surface area contributed by atoms with Gasteiger partial charge in [0.25, 0.3) is 0 Å². The van der Waals surface area contributed by atoms with Gasteiger partial charge in [-0.05, 0) is 124 Å². The zero-order valence-corrected chi connectivity index (χ0v) is 49.7. The Kier molecular flexibility index (Phi) is 39.3. The fraction of sp³-hybridized carbons (Fsp3) is 0.746. The molecule has 0 aromatic heterocycles. The van der Waals surface area contributed by atoms with Gasteiger partial charge in [-0.15, -0.1) is 0 Å². The molecule has 0 saturated carbocycles. The fourth-order valence-corrected chi connectivity index (χ4v) is 11.6. The molecule has 2 heteroatoms. The third-order valence-corrected chi connectivity index (χ3v) is 16.3. The highest BCUT2D eigenvalue weighted by Crippen LogP contribution is 2.44. The van der Waals surface area contributed by atoms with Crippen molar-refractivity contribution in [3.8, 4) is 0 Å². The van der Waals surface area contributed by atoms with Gasteiger partial charge in [-0.1, -0.05) is 291 Å². The van der Waals surface area contributed by atoms with E-state index in [1.165, 1.54) is 295 Å². The van der Waals surface area contributed by atoms with E-state index in [0.29, 0.717) is 0 Å². The Balaban J connectivity index is 1.69. The van der Waals surface area contributed by atoms with Crippen LogP contribution in [-0.4, -0.2) is 4.70 Å². The number of unbranched alkanes of at least 4 members (excludes halogenated alkanes) is 36. The van der Waals surface area contributed by atoms with Gasteiger partial charge in [0.15, 0.2) is 0 Å². The van der Waals surface area contributed by atoms with Crippen molar-refractivity contribution in [3.63, 3.8) is 0 Å². The van der Waals surface area contributed by atoms with Crippen molar-refractivity contribution in [2.75, 3.05) is 0 Å². The number of allylic oxidation sites excluding steroid dienone is 4. The van der Waals surface area contributed by atoms with E-state index in [1.54, 1.807) is 4.70 Å². The van der Waals surface area contributed by atoms with Gasteiger partial charge in [0.05, 0.1) is 5.57 Å². The van der Waals surface area contributed by atoms with Crippen molar-refractivity contribution in [3.05, 3.63) is 98.6 Å². The van der Waals surface area contributed by atoms with E-state index >= 15 is 0 Å². The number of rotatable bonds is 50. The lowest BCUT2D eigenvalue weighted by Gasteiger charge is -2.15. The average molecular weight is 1000 g/mol. The van der Waals surface area contributed by atoms with Gasteiger partial charge in [-0.3, -0.25) is 0 Å². The number of nitrogens with zero attached hydrogens (tertiary/aromatic N) is 2. The molecule has 73 heavy (non-hydrogen) atoms. The molecule has 1 heterocycles. The first kappa shape index (κ1) is 64.5. The van der Waals surface area contributed by atoms with Crippen LogP contribution in [0.25, 0.3) is 16.9 Å². The van der Waals surface area contributed by atoms with Gasteiger partial charge in [-0.25, -0.2) is 4.70 Å². The lowest BCUT2D eigenvalue weighted by atomic mass is 9.91. The first-order valence-electron chi connectivity index (χ1n) is 32.9. The predicted octanol–water partition coefficient (Wildman–Crippen LogP) is 24.5. The van der Waals surface area contributed by atoms with Crippen molar-refractivity contribution >= 4 is 11.4 Å². The minimum atomic E-state index is 0.983. The highest BCUT2D eigenvalue weighted by molar-refractivity contribution is 5.84. The molecule has 1 aliphatic heterocycles. The minimum absolute atomic E-state index is 0.983. The Morgan fingerprint density at radius 2 is 0.575 bits per heavy atom. The molecule has 1 aliphatic rings. The van der Waals surface area contributed by atoms with Crippen LogP contribution in [0.5, 0.6) is 0 Å². The molecule has 0 unspecified atom stereocenters. The van der Waals surface area contributed by atoms with E-state index in [9.17, 15) is 5.53 Å². The number of benzene rings is 2. The highest BCUT2D eigenvalue weighted by Gasteiger charge is 2.35. The molecule has 2 nitrogen and oxygen atoms in total. The Bertz CT molecular complexity index is 1710. The quantitative estimate of drug-likeness (QED) is 0.0466. The lowest BCUT2D eigenvalue weighted by Crippen LogP contribution is -2.05. The second kappa shape index (κ2) is 44.4. The van der Waals surface area contributed by atoms with Crippen molar-refractivity contribution in [1.82, 2.24) is 0 Å². The summed E-state index contributed by atoms with van der Waals surface area (Å²) in [4.78, 5) is 0. The molecule has 0 bridgehead atoms. The SMILES string of the molecule is CCCCCCCCCCCCCCCCCCCCCCCCCC=CC1=C(c2cc(CCCCCCCC)cc(CCCCCCCC)c2)[N+](=[N-])C(c2cc(CCCC)cc(CCCC)c2)=C1CCCC. The van der Waals surface area contributed by atoms with Gasteiger partial charge < -0.3 is 5.53 Å². The third-order valence-electron chi connectivity index (χ3n) is 16.3. The Hall–Kier alpha value is -2.74. The van der Waals surface area contributed by atoms with Crippen molar-refractivity contribution in [2.45, 2.75) is 343 Å². The largest absolute Gasteiger partial charge is 0.493 e. The topological polar surface area (TPSA) is 25.3 Å². The molecule has 0 amide bonds. The summed E-state index contributed by atoms with van der Waals surface area (Å²) in [7, 11) is 0. The minimum Gasteiger partial charge on any atom is -0.493 e. The van der Waals surface area contributed by atoms with Crippen molar-refractivity contribution in [2.24, 2.45) is 0 Å². The molecule has 0 saturated heterocycles. The van der Waals surface area contributed by atoms with E-state index in [1.807, 2.05) is 0 Å². The van der Waals surface area contributed by atoms with Crippen molar-refractivity contribution < 1.29 is 4.70 Å². The Morgan fingerprint density at radius 1 is 0.301 bits per heavy atom. The summed E-state index contributed by atoms with van der Waals surface area (Å²) in [6.45, 7) is 13.9. The summed E-state index contributed by atoms with van der Waals surface area (Å²) in [5.74, 6) is 0. The van der Waals surface area contributed by atoms with Gasteiger partial charge in [0.1, 0.15) is 0 Å². The number of aryl methyl sites for hydroxylation is 4. The van der Waals surface area contributed by atoms with Crippen LogP contribution >= 0.6 is 0 Å². The predicted molar refractivity (Wildman–Crippen MR) is 327 cm³/mol. The summed E-state index contributed by atoms with van der Waals surface area (Å²) in [6.07, 6.45) is 67.1. The van der Waals surface area contributed by atoms with Crippen LogP contribution in [0.3, 0.4) is 0 Å². The van der Waals surface area contributed by atoms with E-state index in [-0.39, 0.29) is 0 Å². The van der Waals surface area contributed by atoms with Crippen molar-refractivity contribution in [1.29, 1.82) is 0 Å². The maximum atomic E-state index is 12.9. The normalized spacial score (nSPS) is 13.0. The van der Waals surface area contributed by atoms with Crippen LogP contribution in [0, 0.1) is 0 Å². The molecule has 0 aliphatic carbocycles. The van der Waals surface area contributed by atoms with Gasteiger partial charge >= 0.3 is 0 Å². The van der Waals surface area contributed by atoms with E-state index < -0.39 is 0 Å². The number of hydrogen-bond donors (Lipinski definition) is 0. The highest BCUT2D eigenvalue weighted by atomic mass is 15.2. The van der Waals surface area contributed by atoms with Gasteiger partial charge in [0.2, 0.25) is 11.4 Å². The summed E-state index contributed by atoms with van der Waals surface area (Å²) < 4.78 is 1.67. The van der Waals surface area contributed by atoms with Crippen LogP contribution < -0.4 is 0 Å². The maximum absolute atomic E-state index is 12.9. The Morgan fingerprint density at radius 3 is 0.918 bits per heavy atom. The van der Waals surface area contributed by atoms with E-state index in [0.717, 1.165) is 62.8 Å². The number of hydrogen-bond acceptors (Lipinski definition) is 0. The second-order valence-electron chi connectivity index (χ2n) is 23.3. The summed E-state index contributed by atoms with van der Waals surface area (Å²) in [6, 6.07) is 14.8. The fourth-order valence-electron chi connectivity index (χ4n) is 11.6. The standard InChI is InChI=1S/C71H120N2/c1-7-13-19-22-25-26-27-28-29-30-31-32-33-34-35-36-37-38-39-40-41-42-43-46-49-55-69-68(54-18-12-6)70(66-58-62(50-16-10-4)56-63(59-66)51-17-11-5)73(72)71(69)67-60-64(52-47-44-23-20-14-8-2)57-65(61-67)53-48-45-24-21-15-9-3/h49,55-61H,7-48,50-54H2,1-6H3. The lowest BCUT2D eigenvalue weighted by molar-refractivity contribution is -0.345. The summed E-state index contributed by atoms with van der Waals surface area (Å²) in [5.41, 5.74) is 25.7. The van der Waals surface area contributed by atoms with Crippen LogP contribution in [-0.2, 0) is 25.7 Å². The molecule has 2 aromatic carbocycles. The molecule has 0 N–H and O–H groups in total. The third kappa shape index (κ3) is 28.8. The molecule has 3 rings (SSSR count). The first-order valence-corrected chi connectivity index (χ1v) is 32.9. The summed E-state index contributed by atoms with van der Waals surface area (Å²) >= 11 is 0. The molecule has 0 atom stereocenters. The molecular formula is C71H120N2. The Labute approximate surface area is 455 Å². The van der Waals surface area contributed by atoms with E-state index in [2.05, 4.69) is 90.1 Å². The van der Waals surface area contributed by atoms with Crippen LogP contribution in [0.1, 0.15) is 351 Å². The van der Waals surface area contributed by atoms with Gasteiger partial charge in [-0.2, -0.15) is 0 Å². The van der Waals surface area contributed by atoms with Crippen LogP contribution in [0.4, 0.5) is 0 Å². The van der Waals surface area contributed by atoms with E-state index in [4.69, 9.17) is 0 Å². The zero-order valence-electron chi connectivity index (χ0n) is 49.7. The average Bonchev–Trinajstić information content (AvgIpc) is 3.68. The monoisotopic (exact) mass is 1000 g/mol. The van der Waals surface area contributed by atoms with Gasteiger partial charge in [0, 0.05) is 16.7 Å². The molecular weight excluding hydrogens is 881 g/mol. The molecule has 0 fully saturated rings. The maximum Gasteiger partial charge on any atom is 0.215 e. The molecule has 0 spiro atoms. The first-order chi connectivity index (χ1) is 36.0. The molecule has 0 radical (unpaired) electrons. The van der Waals surface area contributed by atoms with Crippen LogP contribution in [0.15, 0.2) is 59.7 Å². The smallest absolute Gasteiger partial charge is 0.215 e. The molecule has 414 valence electrons. The molecule has 2 aromatic rings. The second-order valence-corrected chi connectivity index (χ2v) is 23.3.